The Labute approximate surface area is 133 Å². The van der Waals surface area contributed by atoms with Crippen LogP contribution in [0.5, 0.6) is 5.75 Å². The van der Waals surface area contributed by atoms with Crippen molar-refractivity contribution in [1.29, 1.82) is 0 Å². The van der Waals surface area contributed by atoms with Gasteiger partial charge < -0.3 is 14.5 Å². The molecule has 1 aromatic carbocycles. The molecule has 0 atom stereocenters. The van der Waals surface area contributed by atoms with Crippen molar-refractivity contribution in [2.24, 2.45) is 0 Å². The molecule has 2 heterocycles. The van der Waals surface area contributed by atoms with Gasteiger partial charge in [0.25, 0.3) is 5.91 Å². The predicted molar refractivity (Wildman–Crippen MR) is 85.6 cm³/mol. The summed E-state index contributed by atoms with van der Waals surface area (Å²) in [6.45, 7) is 2.91. The quantitative estimate of drug-likeness (QED) is 0.759. The van der Waals surface area contributed by atoms with Crippen LogP contribution in [0.4, 0.5) is 5.69 Å². The lowest BCUT2D eigenvalue weighted by atomic mass is 10.3. The monoisotopic (exact) mass is 311 g/mol. The third kappa shape index (κ3) is 3.60. The Morgan fingerprint density at radius 2 is 2.13 bits per heavy atom. The van der Waals surface area contributed by atoms with Gasteiger partial charge in [-0.3, -0.25) is 9.48 Å². The molecule has 1 amide bonds. The van der Waals surface area contributed by atoms with Crippen LogP contribution >= 0.6 is 0 Å². The zero-order valence-corrected chi connectivity index (χ0v) is 12.7. The van der Waals surface area contributed by atoms with E-state index >= 15 is 0 Å². The number of benzene rings is 1. The van der Waals surface area contributed by atoms with Crippen molar-refractivity contribution in [3.8, 4) is 5.75 Å². The molecule has 0 radical (unpaired) electrons. The summed E-state index contributed by atoms with van der Waals surface area (Å²) >= 11 is 0. The normalized spacial score (nSPS) is 10.5. The summed E-state index contributed by atoms with van der Waals surface area (Å²) in [6.07, 6.45) is 3.53. The fourth-order valence-corrected chi connectivity index (χ4v) is 2.17. The van der Waals surface area contributed by atoms with E-state index in [-0.39, 0.29) is 11.7 Å². The lowest BCUT2D eigenvalue weighted by molar-refractivity contribution is 0.0994. The lowest BCUT2D eigenvalue weighted by Gasteiger charge is -2.10. The molecular formula is C17H17N3O3. The van der Waals surface area contributed by atoms with Crippen LogP contribution in [0, 0.1) is 0 Å². The van der Waals surface area contributed by atoms with Crippen LogP contribution in [0.2, 0.25) is 0 Å². The molecule has 0 saturated carbocycles. The summed E-state index contributed by atoms with van der Waals surface area (Å²) in [5, 5.41) is 6.91. The van der Waals surface area contributed by atoms with Gasteiger partial charge in [0.05, 0.1) is 18.8 Å². The summed E-state index contributed by atoms with van der Waals surface area (Å²) in [7, 11) is 0. The number of anilines is 1. The van der Waals surface area contributed by atoms with E-state index in [2.05, 4.69) is 10.4 Å². The van der Waals surface area contributed by atoms with Crippen molar-refractivity contribution in [3.05, 3.63) is 66.4 Å². The van der Waals surface area contributed by atoms with Crippen LogP contribution in [-0.2, 0) is 6.54 Å². The van der Waals surface area contributed by atoms with Gasteiger partial charge in [-0.2, -0.15) is 5.10 Å². The molecule has 0 unspecified atom stereocenters. The third-order valence-corrected chi connectivity index (χ3v) is 3.20. The summed E-state index contributed by atoms with van der Waals surface area (Å²) in [5.41, 5.74) is 0.615. The third-order valence-electron chi connectivity index (χ3n) is 3.20. The molecule has 6 heteroatoms. The Balaban J connectivity index is 1.70. The topological polar surface area (TPSA) is 69.3 Å². The van der Waals surface area contributed by atoms with Crippen molar-refractivity contribution in [2.75, 3.05) is 11.9 Å². The van der Waals surface area contributed by atoms with E-state index in [9.17, 15) is 4.79 Å². The van der Waals surface area contributed by atoms with Crippen LogP contribution in [0.1, 0.15) is 23.2 Å². The SMILES string of the molecule is CCOc1ccccc1NC(=O)c1ccc(Cn2cccn2)o1. The zero-order chi connectivity index (χ0) is 16.1. The number of nitrogens with zero attached hydrogens (tertiary/aromatic N) is 2. The molecule has 0 aliphatic rings. The van der Waals surface area contributed by atoms with Gasteiger partial charge in [-0.25, -0.2) is 0 Å². The van der Waals surface area contributed by atoms with Crippen LogP contribution in [0.3, 0.4) is 0 Å². The summed E-state index contributed by atoms with van der Waals surface area (Å²) in [5.74, 6) is 1.23. The molecule has 1 N–H and O–H groups in total. The summed E-state index contributed by atoms with van der Waals surface area (Å²) in [4.78, 5) is 12.3. The Morgan fingerprint density at radius 3 is 2.91 bits per heavy atom. The number of nitrogens with one attached hydrogen (secondary N) is 1. The predicted octanol–water partition coefficient (Wildman–Crippen LogP) is 3.18. The van der Waals surface area contributed by atoms with Gasteiger partial charge in [-0.05, 0) is 37.3 Å². The molecule has 2 aromatic heterocycles. The van der Waals surface area contributed by atoms with Crippen LogP contribution in [0.25, 0.3) is 0 Å². The first-order valence-corrected chi connectivity index (χ1v) is 7.35. The van der Waals surface area contributed by atoms with Gasteiger partial charge in [0.2, 0.25) is 0 Å². The maximum absolute atomic E-state index is 12.3. The number of para-hydroxylation sites is 2. The minimum absolute atomic E-state index is 0.249. The number of furan rings is 1. The molecule has 0 fully saturated rings. The minimum atomic E-state index is -0.316. The van der Waals surface area contributed by atoms with E-state index in [1.165, 1.54) is 0 Å². The van der Waals surface area contributed by atoms with Gasteiger partial charge in [0.1, 0.15) is 11.5 Å². The number of carbonyl (C=O) groups excluding carboxylic acids is 1. The fourth-order valence-electron chi connectivity index (χ4n) is 2.17. The second-order valence-corrected chi connectivity index (χ2v) is 4.85. The van der Waals surface area contributed by atoms with E-state index < -0.39 is 0 Å². The highest BCUT2D eigenvalue weighted by atomic mass is 16.5. The van der Waals surface area contributed by atoms with Crippen molar-refractivity contribution < 1.29 is 13.9 Å². The number of amides is 1. The van der Waals surface area contributed by atoms with Crippen molar-refractivity contribution in [3.63, 3.8) is 0 Å². The Bertz CT molecular complexity index is 778. The highest BCUT2D eigenvalue weighted by Gasteiger charge is 2.14. The molecule has 23 heavy (non-hydrogen) atoms. The van der Waals surface area contributed by atoms with E-state index in [1.54, 1.807) is 29.1 Å². The van der Waals surface area contributed by atoms with Crippen LogP contribution < -0.4 is 10.1 Å². The number of ether oxygens (including phenoxy) is 1. The van der Waals surface area contributed by atoms with Gasteiger partial charge >= 0.3 is 0 Å². The Kier molecular flexibility index (Phi) is 4.42. The van der Waals surface area contributed by atoms with Crippen molar-refractivity contribution in [2.45, 2.75) is 13.5 Å². The Hall–Kier alpha value is -3.02. The first-order valence-electron chi connectivity index (χ1n) is 7.35. The molecule has 3 rings (SSSR count). The maximum atomic E-state index is 12.3. The lowest BCUT2D eigenvalue weighted by Crippen LogP contribution is -2.12. The highest BCUT2D eigenvalue weighted by molar-refractivity contribution is 6.03. The summed E-state index contributed by atoms with van der Waals surface area (Å²) < 4.78 is 12.8. The number of hydrogen-bond acceptors (Lipinski definition) is 4. The van der Waals surface area contributed by atoms with Gasteiger partial charge in [0, 0.05) is 12.4 Å². The maximum Gasteiger partial charge on any atom is 0.291 e. The van der Waals surface area contributed by atoms with Gasteiger partial charge in [-0.15, -0.1) is 0 Å². The molecule has 6 nitrogen and oxygen atoms in total. The molecule has 0 aliphatic heterocycles. The molecular weight excluding hydrogens is 294 g/mol. The van der Waals surface area contributed by atoms with E-state index in [0.29, 0.717) is 30.3 Å². The first kappa shape index (κ1) is 14.9. The highest BCUT2D eigenvalue weighted by Crippen LogP contribution is 2.24. The average molecular weight is 311 g/mol. The molecule has 3 aromatic rings. The standard InChI is InChI=1S/C17H17N3O3/c1-2-22-15-7-4-3-6-14(15)19-17(21)16-9-8-13(23-16)12-20-11-5-10-18-20/h3-11H,2,12H2,1H3,(H,19,21). The molecule has 0 saturated heterocycles. The molecule has 118 valence electrons. The summed E-state index contributed by atoms with van der Waals surface area (Å²) in [6, 6.07) is 12.5. The molecule has 0 bridgehead atoms. The zero-order valence-electron chi connectivity index (χ0n) is 12.7. The second-order valence-electron chi connectivity index (χ2n) is 4.85. The first-order chi connectivity index (χ1) is 11.3. The molecule has 0 spiro atoms. The number of aromatic nitrogens is 2. The fraction of sp³-hybridized carbons (Fsp3) is 0.176. The van der Waals surface area contributed by atoms with E-state index in [4.69, 9.17) is 9.15 Å². The van der Waals surface area contributed by atoms with E-state index in [0.717, 1.165) is 0 Å². The number of hydrogen-bond donors (Lipinski definition) is 1. The van der Waals surface area contributed by atoms with Gasteiger partial charge in [0.15, 0.2) is 5.76 Å². The smallest absolute Gasteiger partial charge is 0.291 e. The van der Waals surface area contributed by atoms with Crippen molar-refractivity contribution >= 4 is 11.6 Å². The molecule has 0 aliphatic carbocycles. The van der Waals surface area contributed by atoms with Crippen LogP contribution in [-0.4, -0.2) is 22.3 Å². The largest absolute Gasteiger partial charge is 0.492 e. The van der Waals surface area contributed by atoms with Gasteiger partial charge in [-0.1, -0.05) is 12.1 Å². The number of rotatable bonds is 6. The minimum Gasteiger partial charge on any atom is -0.492 e. The Morgan fingerprint density at radius 1 is 1.26 bits per heavy atom. The average Bonchev–Trinajstić information content (AvgIpc) is 3.22. The van der Waals surface area contributed by atoms with Crippen LogP contribution in [0.15, 0.2) is 59.3 Å². The number of carbonyl (C=O) groups is 1. The second kappa shape index (κ2) is 6.83. The van der Waals surface area contributed by atoms with E-state index in [1.807, 2.05) is 37.4 Å². The van der Waals surface area contributed by atoms with Crippen molar-refractivity contribution in [1.82, 2.24) is 9.78 Å².